The standard InChI is InChI=1S/C19H15N5O/c1-12-17(14-5-7-16(25)8-6-14)23-19-21-11-22-24(19)18(12)15-4-2-3-13(9-15)10-20/h2-9,11,18,25H,1H3,(H,21,22,23)/t18-/m0/s1. The quantitative estimate of drug-likeness (QED) is 0.753. The molecule has 0 spiro atoms. The van der Waals surface area contributed by atoms with Crippen LogP contribution in [0.15, 0.2) is 60.4 Å². The van der Waals surface area contributed by atoms with Crippen molar-refractivity contribution in [1.82, 2.24) is 14.8 Å². The van der Waals surface area contributed by atoms with E-state index in [0.29, 0.717) is 11.5 Å². The number of hydrogen-bond acceptors (Lipinski definition) is 5. The van der Waals surface area contributed by atoms with Gasteiger partial charge in [-0.15, -0.1) is 0 Å². The van der Waals surface area contributed by atoms with Crippen LogP contribution in [0.5, 0.6) is 5.75 Å². The van der Waals surface area contributed by atoms with Crippen LogP contribution in [-0.4, -0.2) is 19.9 Å². The molecule has 0 radical (unpaired) electrons. The average Bonchev–Trinajstić information content (AvgIpc) is 3.10. The molecular formula is C19H15N5O. The summed E-state index contributed by atoms with van der Waals surface area (Å²) in [6.45, 7) is 2.03. The number of allylic oxidation sites excluding steroid dienone is 1. The Kier molecular flexibility index (Phi) is 3.47. The normalized spacial score (nSPS) is 16.1. The van der Waals surface area contributed by atoms with Crippen LogP contribution >= 0.6 is 0 Å². The second-order valence-electron chi connectivity index (χ2n) is 5.90. The molecule has 6 nitrogen and oxygen atoms in total. The highest BCUT2D eigenvalue weighted by atomic mass is 16.3. The van der Waals surface area contributed by atoms with E-state index in [0.717, 1.165) is 22.4 Å². The second-order valence-corrected chi connectivity index (χ2v) is 5.90. The molecule has 2 aromatic carbocycles. The maximum Gasteiger partial charge on any atom is 0.226 e. The Bertz CT molecular complexity index is 1010. The molecule has 1 atom stereocenters. The summed E-state index contributed by atoms with van der Waals surface area (Å²) in [7, 11) is 0. The first-order valence-corrected chi connectivity index (χ1v) is 7.84. The van der Waals surface area contributed by atoms with Crippen molar-refractivity contribution in [1.29, 1.82) is 5.26 Å². The van der Waals surface area contributed by atoms with Gasteiger partial charge in [-0.2, -0.15) is 15.3 Å². The number of benzene rings is 2. The summed E-state index contributed by atoms with van der Waals surface area (Å²) in [4.78, 5) is 4.30. The maximum absolute atomic E-state index is 9.54. The van der Waals surface area contributed by atoms with Crippen molar-refractivity contribution in [3.63, 3.8) is 0 Å². The third kappa shape index (κ3) is 2.52. The lowest BCUT2D eigenvalue weighted by Crippen LogP contribution is -2.24. The van der Waals surface area contributed by atoms with E-state index in [1.54, 1.807) is 18.2 Å². The van der Waals surface area contributed by atoms with Gasteiger partial charge in [-0.05, 0) is 60.0 Å². The second kappa shape index (κ2) is 5.80. The molecule has 0 amide bonds. The lowest BCUT2D eigenvalue weighted by Gasteiger charge is -2.29. The van der Waals surface area contributed by atoms with E-state index in [9.17, 15) is 10.4 Å². The van der Waals surface area contributed by atoms with Crippen LogP contribution in [-0.2, 0) is 0 Å². The predicted molar refractivity (Wildman–Crippen MR) is 93.6 cm³/mol. The molecule has 0 aliphatic carbocycles. The monoisotopic (exact) mass is 329 g/mol. The van der Waals surface area contributed by atoms with E-state index < -0.39 is 0 Å². The molecule has 1 aromatic heterocycles. The van der Waals surface area contributed by atoms with Crippen molar-refractivity contribution in [3.05, 3.63) is 77.1 Å². The van der Waals surface area contributed by atoms with E-state index in [4.69, 9.17) is 0 Å². The highest BCUT2D eigenvalue weighted by molar-refractivity contribution is 5.80. The fraction of sp³-hybridized carbons (Fsp3) is 0.105. The van der Waals surface area contributed by atoms with Gasteiger partial charge < -0.3 is 10.4 Å². The SMILES string of the molecule is CC1=C(c2ccc(O)cc2)Nc2ncnn2[C@@H]1c1cccc(C#N)c1. The molecule has 1 aliphatic heterocycles. The van der Waals surface area contributed by atoms with E-state index in [2.05, 4.69) is 21.5 Å². The van der Waals surface area contributed by atoms with Crippen molar-refractivity contribution >= 4 is 11.6 Å². The van der Waals surface area contributed by atoms with Gasteiger partial charge in [0.15, 0.2) is 0 Å². The molecule has 0 unspecified atom stereocenters. The number of nitrogens with zero attached hydrogens (tertiary/aromatic N) is 4. The van der Waals surface area contributed by atoms with Gasteiger partial charge in [0.1, 0.15) is 18.1 Å². The van der Waals surface area contributed by atoms with Gasteiger partial charge in [0.25, 0.3) is 0 Å². The smallest absolute Gasteiger partial charge is 0.226 e. The fourth-order valence-electron chi connectivity index (χ4n) is 3.16. The Labute approximate surface area is 144 Å². The van der Waals surface area contributed by atoms with Crippen molar-refractivity contribution in [2.75, 3.05) is 5.32 Å². The number of aromatic hydroxyl groups is 1. The van der Waals surface area contributed by atoms with Crippen molar-refractivity contribution in [3.8, 4) is 11.8 Å². The van der Waals surface area contributed by atoms with Gasteiger partial charge in [0.2, 0.25) is 5.95 Å². The van der Waals surface area contributed by atoms with Gasteiger partial charge in [0, 0.05) is 5.70 Å². The summed E-state index contributed by atoms with van der Waals surface area (Å²) in [5.74, 6) is 0.861. The van der Waals surface area contributed by atoms with Gasteiger partial charge in [-0.3, -0.25) is 0 Å². The Hall–Kier alpha value is -3.59. The summed E-state index contributed by atoms with van der Waals surface area (Å²) >= 11 is 0. The molecule has 122 valence electrons. The number of nitrogens with one attached hydrogen (secondary N) is 1. The number of fused-ring (bicyclic) bond motifs is 1. The summed E-state index contributed by atoms with van der Waals surface area (Å²) in [6, 6.07) is 16.6. The van der Waals surface area contributed by atoms with Crippen LogP contribution in [0.2, 0.25) is 0 Å². The molecule has 4 rings (SSSR count). The highest BCUT2D eigenvalue weighted by Crippen LogP contribution is 2.38. The Morgan fingerprint density at radius 3 is 2.76 bits per heavy atom. The summed E-state index contributed by atoms with van der Waals surface area (Å²) in [5, 5.41) is 26.4. The Morgan fingerprint density at radius 2 is 2.00 bits per heavy atom. The number of aromatic nitrogens is 3. The van der Waals surface area contributed by atoms with Crippen LogP contribution < -0.4 is 5.32 Å². The van der Waals surface area contributed by atoms with Gasteiger partial charge in [-0.25, -0.2) is 4.68 Å². The van der Waals surface area contributed by atoms with Gasteiger partial charge in [-0.1, -0.05) is 12.1 Å². The van der Waals surface area contributed by atoms with Crippen LogP contribution in [0.1, 0.15) is 29.7 Å². The number of phenolic OH excluding ortho intramolecular Hbond substituents is 1. The molecule has 25 heavy (non-hydrogen) atoms. The first-order chi connectivity index (χ1) is 12.2. The van der Waals surface area contributed by atoms with Crippen LogP contribution in [0, 0.1) is 11.3 Å². The van der Waals surface area contributed by atoms with E-state index in [-0.39, 0.29) is 11.8 Å². The number of hydrogen-bond donors (Lipinski definition) is 2. The highest BCUT2D eigenvalue weighted by Gasteiger charge is 2.28. The molecule has 0 saturated heterocycles. The Balaban J connectivity index is 1.89. The molecule has 3 aromatic rings. The first kappa shape index (κ1) is 15.0. The van der Waals surface area contributed by atoms with Crippen LogP contribution in [0.3, 0.4) is 0 Å². The topological polar surface area (TPSA) is 86.8 Å². The molecule has 0 saturated carbocycles. The summed E-state index contributed by atoms with van der Waals surface area (Å²) in [5.41, 5.74) is 4.51. The van der Waals surface area contributed by atoms with Crippen LogP contribution in [0.4, 0.5) is 5.95 Å². The van der Waals surface area contributed by atoms with Crippen molar-refractivity contribution < 1.29 is 5.11 Å². The number of rotatable bonds is 2. The van der Waals surface area contributed by atoms with E-state index in [1.807, 2.05) is 41.9 Å². The lowest BCUT2D eigenvalue weighted by atomic mass is 9.93. The van der Waals surface area contributed by atoms with Gasteiger partial charge >= 0.3 is 0 Å². The molecule has 2 N–H and O–H groups in total. The number of phenols is 1. The largest absolute Gasteiger partial charge is 0.508 e. The van der Waals surface area contributed by atoms with E-state index >= 15 is 0 Å². The zero-order valence-corrected chi connectivity index (χ0v) is 13.5. The minimum absolute atomic E-state index is 0.157. The molecule has 1 aliphatic rings. The minimum atomic E-state index is -0.157. The first-order valence-electron chi connectivity index (χ1n) is 7.84. The number of anilines is 1. The number of nitriles is 1. The van der Waals surface area contributed by atoms with Crippen molar-refractivity contribution in [2.24, 2.45) is 0 Å². The van der Waals surface area contributed by atoms with Crippen molar-refractivity contribution in [2.45, 2.75) is 13.0 Å². The predicted octanol–water partition coefficient (Wildman–Crippen LogP) is 3.30. The Morgan fingerprint density at radius 1 is 1.20 bits per heavy atom. The minimum Gasteiger partial charge on any atom is -0.508 e. The summed E-state index contributed by atoms with van der Waals surface area (Å²) < 4.78 is 1.82. The van der Waals surface area contributed by atoms with Gasteiger partial charge in [0.05, 0.1) is 11.6 Å². The summed E-state index contributed by atoms with van der Waals surface area (Å²) in [6.07, 6.45) is 1.51. The average molecular weight is 329 g/mol. The zero-order chi connectivity index (χ0) is 17.4. The molecule has 2 heterocycles. The fourth-order valence-corrected chi connectivity index (χ4v) is 3.16. The zero-order valence-electron chi connectivity index (χ0n) is 13.5. The van der Waals surface area contributed by atoms with Crippen LogP contribution in [0.25, 0.3) is 5.70 Å². The molecule has 0 bridgehead atoms. The lowest BCUT2D eigenvalue weighted by molar-refractivity contribution is 0.475. The third-order valence-electron chi connectivity index (χ3n) is 4.35. The molecule has 0 fully saturated rings. The molecular weight excluding hydrogens is 314 g/mol. The maximum atomic E-state index is 9.54. The third-order valence-corrected chi connectivity index (χ3v) is 4.35. The van der Waals surface area contributed by atoms with E-state index in [1.165, 1.54) is 6.33 Å². The molecule has 6 heteroatoms.